The third-order valence-electron chi connectivity index (χ3n) is 4.71. The van der Waals surface area contributed by atoms with Gasteiger partial charge in [-0.2, -0.15) is 0 Å². The molecule has 0 amide bonds. The van der Waals surface area contributed by atoms with Crippen molar-refractivity contribution >= 4 is 11.8 Å². The largest absolute Gasteiger partial charge is 0.481 e. The molecule has 5 heteroatoms. The second kappa shape index (κ2) is 12.0. The van der Waals surface area contributed by atoms with E-state index in [1.807, 2.05) is 12.2 Å². The molecule has 1 aliphatic rings. The molecular formula is C20H32O5. The second-order valence-electron chi connectivity index (χ2n) is 6.86. The minimum absolute atomic E-state index is 0.128. The molecule has 3 N–H and O–H groups in total. The lowest BCUT2D eigenvalue weighted by atomic mass is 9.88. The van der Waals surface area contributed by atoms with Crippen LogP contribution in [-0.2, 0) is 9.59 Å². The highest BCUT2D eigenvalue weighted by atomic mass is 16.4. The van der Waals surface area contributed by atoms with Gasteiger partial charge in [-0.3, -0.25) is 9.59 Å². The van der Waals surface area contributed by atoms with Crippen molar-refractivity contribution in [2.45, 2.75) is 76.9 Å². The Morgan fingerprint density at radius 1 is 1.28 bits per heavy atom. The molecule has 0 saturated heterocycles. The van der Waals surface area contributed by atoms with Crippen molar-refractivity contribution in [3.05, 3.63) is 24.3 Å². The van der Waals surface area contributed by atoms with Gasteiger partial charge in [-0.25, -0.2) is 0 Å². The van der Waals surface area contributed by atoms with E-state index in [0.29, 0.717) is 19.3 Å². The second-order valence-corrected chi connectivity index (χ2v) is 6.86. The highest BCUT2D eigenvalue weighted by Gasteiger charge is 2.39. The Bertz CT molecular complexity index is 469. The molecule has 25 heavy (non-hydrogen) atoms. The van der Waals surface area contributed by atoms with Crippen molar-refractivity contribution in [2.24, 2.45) is 11.8 Å². The molecule has 0 heterocycles. The predicted molar refractivity (Wildman–Crippen MR) is 97.1 cm³/mol. The summed E-state index contributed by atoms with van der Waals surface area (Å²) >= 11 is 0. The first-order valence-electron chi connectivity index (χ1n) is 9.39. The van der Waals surface area contributed by atoms with Gasteiger partial charge in [0.05, 0.1) is 12.2 Å². The normalized spacial score (nSPS) is 25.2. The average molecular weight is 352 g/mol. The van der Waals surface area contributed by atoms with Crippen molar-refractivity contribution in [1.82, 2.24) is 0 Å². The SMILES string of the molecule is CCCCC[C@H]1C(=O)C[C@H](O)[C@@H]1/C=C/[C@@H](O)C/C=C\CCCC(=O)O. The van der Waals surface area contributed by atoms with Crippen LogP contribution in [0, 0.1) is 11.8 Å². The van der Waals surface area contributed by atoms with Gasteiger partial charge in [0.25, 0.3) is 0 Å². The quantitative estimate of drug-likeness (QED) is 0.370. The summed E-state index contributed by atoms with van der Waals surface area (Å²) in [6, 6.07) is 0. The van der Waals surface area contributed by atoms with E-state index in [9.17, 15) is 19.8 Å². The minimum atomic E-state index is -0.797. The van der Waals surface area contributed by atoms with Crippen LogP contribution in [0.5, 0.6) is 0 Å². The van der Waals surface area contributed by atoms with Crippen LogP contribution in [0.15, 0.2) is 24.3 Å². The standard InChI is InChI=1S/C20H32O5/c1-2-3-6-10-16-17(19(23)14-18(16)22)13-12-15(21)9-7-4-5-8-11-20(24)25/h4,7,12-13,15-17,19,21,23H,2-3,5-6,8-11,14H2,1H3,(H,24,25)/b7-4-,13-12+/t15-,16+,17+,19-/m0/s1. The maximum atomic E-state index is 12.0. The van der Waals surface area contributed by atoms with Gasteiger partial charge in [-0.1, -0.05) is 50.5 Å². The number of carbonyl (C=O) groups is 2. The Labute approximate surface area is 150 Å². The summed E-state index contributed by atoms with van der Waals surface area (Å²) in [7, 11) is 0. The van der Waals surface area contributed by atoms with Crippen LogP contribution in [0.4, 0.5) is 0 Å². The van der Waals surface area contributed by atoms with Crippen LogP contribution in [0.25, 0.3) is 0 Å². The summed E-state index contributed by atoms with van der Waals surface area (Å²) < 4.78 is 0. The van der Waals surface area contributed by atoms with Crippen LogP contribution in [-0.4, -0.2) is 39.3 Å². The minimum Gasteiger partial charge on any atom is -0.481 e. The Kier molecular flexibility index (Phi) is 10.3. The van der Waals surface area contributed by atoms with Crippen LogP contribution in [0.1, 0.15) is 64.7 Å². The number of aliphatic hydroxyl groups excluding tert-OH is 2. The van der Waals surface area contributed by atoms with E-state index in [2.05, 4.69) is 6.92 Å². The van der Waals surface area contributed by atoms with Gasteiger partial charge in [0, 0.05) is 24.7 Å². The number of allylic oxidation sites excluding steroid dienone is 1. The molecule has 0 unspecified atom stereocenters. The summed E-state index contributed by atoms with van der Waals surface area (Å²) in [5, 5.41) is 28.7. The van der Waals surface area contributed by atoms with E-state index in [1.54, 1.807) is 12.2 Å². The average Bonchev–Trinajstić information content (AvgIpc) is 2.82. The Hall–Kier alpha value is -1.46. The molecule has 0 aliphatic heterocycles. The van der Waals surface area contributed by atoms with Crippen molar-refractivity contribution in [1.29, 1.82) is 0 Å². The van der Waals surface area contributed by atoms with E-state index < -0.39 is 18.2 Å². The first-order valence-corrected chi connectivity index (χ1v) is 9.39. The Morgan fingerprint density at radius 3 is 2.72 bits per heavy atom. The van der Waals surface area contributed by atoms with Gasteiger partial charge < -0.3 is 15.3 Å². The van der Waals surface area contributed by atoms with Gasteiger partial charge in [-0.15, -0.1) is 0 Å². The van der Waals surface area contributed by atoms with Crippen LogP contribution in [0.3, 0.4) is 0 Å². The highest BCUT2D eigenvalue weighted by molar-refractivity contribution is 5.84. The lowest BCUT2D eigenvalue weighted by Crippen LogP contribution is -2.19. The first kappa shape index (κ1) is 21.6. The molecule has 0 bridgehead atoms. The number of aliphatic hydroxyl groups is 2. The number of hydrogen-bond acceptors (Lipinski definition) is 4. The molecule has 0 aromatic carbocycles. The van der Waals surface area contributed by atoms with Crippen LogP contribution in [0.2, 0.25) is 0 Å². The van der Waals surface area contributed by atoms with Gasteiger partial charge in [0.1, 0.15) is 5.78 Å². The monoisotopic (exact) mass is 352 g/mol. The molecule has 1 aliphatic carbocycles. The maximum Gasteiger partial charge on any atom is 0.303 e. The number of aliphatic carboxylic acids is 1. The number of carbonyl (C=O) groups excluding carboxylic acids is 1. The third-order valence-corrected chi connectivity index (χ3v) is 4.71. The number of carboxylic acids is 1. The summed E-state index contributed by atoms with van der Waals surface area (Å²) in [5.74, 6) is -0.990. The Morgan fingerprint density at radius 2 is 2.04 bits per heavy atom. The summed E-state index contributed by atoms with van der Waals surface area (Å²) in [5.41, 5.74) is 0. The zero-order valence-electron chi connectivity index (χ0n) is 15.1. The van der Waals surface area contributed by atoms with Crippen LogP contribution < -0.4 is 0 Å². The molecule has 0 spiro atoms. The fourth-order valence-corrected chi connectivity index (χ4v) is 3.27. The third kappa shape index (κ3) is 8.45. The summed E-state index contributed by atoms with van der Waals surface area (Å²) in [4.78, 5) is 22.4. The van der Waals surface area contributed by atoms with Crippen molar-refractivity contribution in [3.63, 3.8) is 0 Å². The van der Waals surface area contributed by atoms with E-state index >= 15 is 0 Å². The maximum absolute atomic E-state index is 12.0. The molecule has 142 valence electrons. The summed E-state index contributed by atoms with van der Waals surface area (Å²) in [6.07, 6.45) is 11.9. The Balaban J connectivity index is 2.41. The van der Waals surface area contributed by atoms with E-state index in [0.717, 1.165) is 25.7 Å². The van der Waals surface area contributed by atoms with E-state index in [4.69, 9.17) is 5.11 Å². The number of carboxylic acid groups (broad SMARTS) is 1. The predicted octanol–water partition coefficient (Wildman–Crippen LogP) is 3.25. The zero-order chi connectivity index (χ0) is 18.7. The van der Waals surface area contributed by atoms with E-state index in [-0.39, 0.29) is 30.5 Å². The molecule has 0 radical (unpaired) electrons. The van der Waals surface area contributed by atoms with Crippen molar-refractivity contribution in [2.75, 3.05) is 0 Å². The van der Waals surface area contributed by atoms with Gasteiger partial charge in [-0.05, 0) is 25.7 Å². The van der Waals surface area contributed by atoms with E-state index in [1.165, 1.54) is 0 Å². The molecule has 5 nitrogen and oxygen atoms in total. The smallest absolute Gasteiger partial charge is 0.303 e. The number of ketones is 1. The van der Waals surface area contributed by atoms with Gasteiger partial charge in [0.15, 0.2) is 0 Å². The number of Topliss-reactive ketones (excluding diaryl/α,β-unsaturated/α-hetero) is 1. The van der Waals surface area contributed by atoms with Gasteiger partial charge in [0.2, 0.25) is 0 Å². The lowest BCUT2D eigenvalue weighted by Gasteiger charge is -2.17. The van der Waals surface area contributed by atoms with Crippen molar-refractivity contribution < 1.29 is 24.9 Å². The topological polar surface area (TPSA) is 94.8 Å². The molecule has 4 atom stereocenters. The molecule has 1 fully saturated rings. The number of hydrogen-bond donors (Lipinski definition) is 3. The fourth-order valence-electron chi connectivity index (χ4n) is 3.27. The molecule has 1 rings (SSSR count). The molecule has 0 aromatic heterocycles. The van der Waals surface area contributed by atoms with Crippen LogP contribution >= 0.6 is 0 Å². The molecule has 1 saturated carbocycles. The number of rotatable bonds is 12. The molecule has 0 aromatic rings. The zero-order valence-corrected chi connectivity index (χ0v) is 15.1. The first-order chi connectivity index (χ1) is 12.0. The van der Waals surface area contributed by atoms with Gasteiger partial charge >= 0.3 is 5.97 Å². The molecular weight excluding hydrogens is 320 g/mol. The van der Waals surface area contributed by atoms with Crippen molar-refractivity contribution in [3.8, 4) is 0 Å². The highest BCUT2D eigenvalue weighted by Crippen LogP contribution is 2.34. The summed E-state index contributed by atoms with van der Waals surface area (Å²) in [6.45, 7) is 2.12. The number of unbranched alkanes of at least 4 members (excludes halogenated alkanes) is 3. The lowest BCUT2D eigenvalue weighted by molar-refractivity contribution is -0.137. The fraction of sp³-hybridized carbons (Fsp3) is 0.700.